The highest BCUT2D eigenvalue weighted by atomic mass is 19.1. The third kappa shape index (κ3) is 4.42. The molecule has 4 rings (SSSR count). The summed E-state index contributed by atoms with van der Waals surface area (Å²) in [4.78, 5) is 17.6. The topological polar surface area (TPSA) is 56.7 Å². The highest BCUT2D eigenvalue weighted by Gasteiger charge is 2.18. The fourth-order valence-corrected chi connectivity index (χ4v) is 3.65. The van der Waals surface area contributed by atoms with E-state index in [9.17, 15) is 4.39 Å². The lowest BCUT2D eigenvalue weighted by molar-refractivity contribution is 0.255. The van der Waals surface area contributed by atoms with E-state index >= 15 is 0 Å². The summed E-state index contributed by atoms with van der Waals surface area (Å²) in [5.41, 5.74) is 3.67. The van der Waals surface area contributed by atoms with E-state index in [0.29, 0.717) is 5.95 Å². The molecule has 0 bridgehead atoms. The molecule has 1 aromatic carbocycles. The Hall–Kier alpha value is -2.54. The zero-order valence-corrected chi connectivity index (χ0v) is 15.4. The molecule has 6 nitrogen and oxygen atoms in total. The number of anilines is 2. The van der Waals surface area contributed by atoms with Gasteiger partial charge in [-0.3, -0.25) is 9.89 Å². The predicted molar refractivity (Wildman–Crippen MR) is 106 cm³/mol. The first kappa shape index (κ1) is 17.9. The van der Waals surface area contributed by atoms with E-state index in [2.05, 4.69) is 49.4 Å². The van der Waals surface area contributed by atoms with Crippen LogP contribution in [0.2, 0.25) is 0 Å². The van der Waals surface area contributed by atoms with Crippen LogP contribution in [0.15, 0.2) is 41.7 Å². The molecule has 27 heavy (non-hydrogen) atoms. The van der Waals surface area contributed by atoms with Crippen LogP contribution in [-0.4, -0.2) is 66.4 Å². The molecule has 2 aliphatic heterocycles. The van der Waals surface area contributed by atoms with Gasteiger partial charge in [0.2, 0.25) is 5.95 Å². The molecule has 142 valence electrons. The van der Waals surface area contributed by atoms with E-state index < -0.39 is 5.82 Å². The second kappa shape index (κ2) is 8.43. The van der Waals surface area contributed by atoms with Crippen molar-refractivity contribution in [2.45, 2.75) is 12.8 Å². The van der Waals surface area contributed by atoms with Gasteiger partial charge in [-0.2, -0.15) is 0 Å². The van der Waals surface area contributed by atoms with Crippen LogP contribution in [0.4, 0.5) is 16.0 Å². The number of fused-ring (bicyclic) bond motifs is 1. The van der Waals surface area contributed by atoms with E-state index in [1.54, 1.807) is 0 Å². The first-order valence-corrected chi connectivity index (χ1v) is 9.61. The maximum Gasteiger partial charge on any atom is 0.225 e. The number of benzene rings is 1. The number of piperazine rings is 1. The third-order valence-corrected chi connectivity index (χ3v) is 5.11. The van der Waals surface area contributed by atoms with Gasteiger partial charge in [-0.25, -0.2) is 14.4 Å². The Kier molecular flexibility index (Phi) is 5.58. The molecule has 0 aliphatic carbocycles. The molecular weight excluding hydrogens is 343 g/mol. The Balaban J connectivity index is 1.23. The summed E-state index contributed by atoms with van der Waals surface area (Å²) in [7, 11) is 0. The lowest BCUT2D eigenvalue weighted by Crippen LogP contribution is -2.47. The van der Waals surface area contributed by atoms with Crippen molar-refractivity contribution in [3.63, 3.8) is 0 Å². The van der Waals surface area contributed by atoms with Crippen LogP contribution in [0.25, 0.3) is 0 Å². The zero-order chi connectivity index (χ0) is 18.5. The summed E-state index contributed by atoms with van der Waals surface area (Å²) in [6.07, 6.45) is 4.51. The number of nitrogens with zero attached hydrogens (tertiary/aromatic N) is 5. The van der Waals surface area contributed by atoms with Crippen LogP contribution in [0, 0.1) is 5.82 Å². The molecule has 0 spiro atoms. The summed E-state index contributed by atoms with van der Waals surface area (Å²) in [5.74, 6) is 0.224. The Morgan fingerprint density at radius 3 is 2.67 bits per heavy atom. The normalized spacial score (nSPS) is 19.0. The maximum absolute atomic E-state index is 12.9. The average Bonchev–Trinajstić information content (AvgIpc) is 2.72. The lowest BCUT2D eigenvalue weighted by atomic mass is 10.0. The van der Waals surface area contributed by atoms with Crippen molar-refractivity contribution >= 4 is 17.3 Å². The first-order chi connectivity index (χ1) is 13.3. The summed E-state index contributed by atoms with van der Waals surface area (Å²) in [5, 5.41) is 3.43. The van der Waals surface area contributed by atoms with E-state index in [1.807, 2.05) is 0 Å². The standard InChI is InChI=1S/C20H25FN6/c21-16-14-24-20(25-15-16)27-12-10-26(11-13-27)9-3-7-22-19-6-8-23-18-5-2-1-4-17(18)19/h1-2,4-5,14-15,23H,3,6-13H2. The van der Waals surface area contributed by atoms with Crippen molar-refractivity contribution in [3.8, 4) is 0 Å². The SMILES string of the molecule is Fc1cnc(N2CCN(CCCN=C3CCNc4ccccc43)CC2)nc1. The number of hydrogen-bond donors (Lipinski definition) is 1. The predicted octanol–water partition coefficient (Wildman–Crippen LogP) is 2.43. The Labute approximate surface area is 159 Å². The largest absolute Gasteiger partial charge is 0.384 e. The summed E-state index contributed by atoms with van der Waals surface area (Å²) in [6.45, 7) is 6.58. The second-order valence-electron chi connectivity index (χ2n) is 6.93. The smallest absolute Gasteiger partial charge is 0.225 e. The minimum atomic E-state index is -0.393. The van der Waals surface area contributed by atoms with Gasteiger partial charge in [-0.1, -0.05) is 18.2 Å². The quantitative estimate of drug-likeness (QED) is 0.822. The van der Waals surface area contributed by atoms with Gasteiger partial charge in [0.15, 0.2) is 5.82 Å². The van der Waals surface area contributed by atoms with Crippen LogP contribution >= 0.6 is 0 Å². The molecule has 2 aromatic rings. The van der Waals surface area contributed by atoms with Crippen LogP contribution in [0.1, 0.15) is 18.4 Å². The van der Waals surface area contributed by atoms with Crippen molar-refractivity contribution in [1.82, 2.24) is 14.9 Å². The third-order valence-electron chi connectivity index (χ3n) is 5.11. The van der Waals surface area contributed by atoms with Crippen LogP contribution in [0.3, 0.4) is 0 Å². The number of aromatic nitrogens is 2. The summed E-state index contributed by atoms with van der Waals surface area (Å²) >= 11 is 0. The monoisotopic (exact) mass is 368 g/mol. The molecule has 3 heterocycles. The van der Waals surface area contributed by atoms with E-state index in [4.69, 9.17) is 4.99 Å². The average molecular weight is 368 g/mol. The van der Waals surface area contributed by atoms with Crippen LogP contribution < -0.4 is 10.2 Å². The zero-order valence-electron chi connectivity index (χ0n) is 15.4. The fourth-order valence-electron chi connectivity index (χ4n) is 3.65. The first-order valence-electron chi connectivity index (χ1n) is 9.61. The van der Waals surface area contributed by atoms with Gasteiger partial charge in [-0.15, -0.1) is 0 Å². The van der Waals surface area contributed by atoms with Gasteiger partial charge in [0.05, 0.1) is 12.4 Å². The van der Waals surface area contributed by atoms with Gasteiger partial charge in [0, 0.05) is 69.2 Å². The molecular formula is C20H25FN6. The Bertz CT molecular complexity index is 783. The molecule has 0 radical (unpaired) electrons. The highest BCUT2D eigenvalue weighted by molar-refractivity contribution is 6.06. The van der Waals surface area contributed by atoms with Gasteiger partial charge < -0.3 is 10.2 Å². The molecule has 0 unspecified atom stereocenters. The number of rotatable bonds is 5. The number of para-hydroxylation sites is 1. The van der Waals surface area contributed by atoms with Gasteiger partial charge in [-0.05, 0) is 12.5 Å². The number of aliphatic imine (C=N–C) groups is 1. The number of halogens is 1. The minimum Gasteiger partial charge on any atom is -0.384 e. The molecule has 0 atom stereocenters. The number of hydrogen-bond acceptors (Lipinski definition) is 6. The molecule has 0 amide bonds. The van der Waals surface area contributed by atoms with Crippen molar-refractivity contribution in [2.24, 2.45) is 4.99 Å². The summed E-state index contributed by atoms with van der Waals surface area (Å²) < 4.78 is 12.9. The lowest BCUT2D eigenvalue weighted by Gasteiger charge is -2.34. The van der Waals surface area contributed by atoms with E-state index in [1.165, 1.54) is 29.4 Å². The van der Waals surface area contributed by atoms with Crippen molar-refractivity contribution in [2.75, 3.05) is 56.0 Å². The van der Waals surface area contributed by atoms with Crippen LogP contribution in [-0.2, 0) is 0 Å². The molecule has 1 saturated heterocycles. The Morgan fingerprint density at radius 2 is 1.85 bits per heavy atom. The van der Waals surface area contributed by atoms with E-state index in [0.717, 1.165) is 58.7 Å². The second-order valence-corrected chi connectivity index (χ2v) is 6.93. The molecule has 1 N–H and O–H groups in total. The summed E-state index contributed by atoms with van der Waals surface area (Å²) in [6, 6.07) is 8.41. The molecule has 2 aliphatic rings. The minimum absolute atomic E-state index is 0.393. The maximum atomic E-state index is 12.9. The molecule has 1 aromatic heterocycles. The van der Waals surface area contributed by atoms with Crippen LogP contribution in [0.5, 0.6) is 0 Å². The van der Waals surface area contributed by atoms with Crippen molar-refractivity contribution < 1.29 is 4.39 Å². The molecule has 1 fully saturated rings. The molecule has 0 saturated carbocycles. The van der Waals surface area contributed by atoms with Gasteiger partial charge in [0.25, 0.3) is 0 Å². The van der Waals surface area contributed by atoms with Gasteiger partial charge >= 0.3 is 0 Å². The Morgan fingerprint density at radius 1 is 1.07 bits per heavy atom. The van der Waals surface area contributed by atoms with E-state index in [-0.39, 0.29) is 0 Å². The number of nitrogens with one attached hydrogen (secondary N) is 1. The van der Waals surface area contributed by atoms with Gasteiger partial charge in [0.1, 0.15) is 0 Å². The van der Waals surface area contributed by atoms with Crippen molar-refractivity contribution in [1.29, 1.82) is 0 Å². The fraction of sp³-hybridized carbons (Fsp3) is 0.450. The highest BCUT2D eigenvalue weighted by Crippen LogP contribution is 2.21. The van der Waals surface area contributed by atoms with Crippen molar-refractivity contribution in [3.05, 3.63) is 48.0 Å². The molecule has 7 heteroatoms.